The number of carbonyl (C=O) groups excluding carboxylic acids is 1. The number of thioether (sulfide) groups is 2. The topological polar surface area (TPSA) is 205 Å². The highest BCUT2D eigenvalue weighted by molar-refractivity contribution is 7.99. The van der Waals surface area contributed by atoms with Crippen molar-refractivity contribution in [3.63, 3.8) is 0 Å². The Morgan fingerprint density at radius 2 is 0.603 bits per heavy atom. The molecule has 5 aliphatic carbocycles. The van der Waals surface area contributed by atoms with Gasteiger partial charge in [-0.2, -0.15) is 23.5 Å². The van der Waals surface area contributed by atoms with E-state index in [9.17, 15) is 4.79 Å². The van der Waals surface area contributed by atoms with Gasteiger partial charge in [0.2, 0.25) is 6.41 Å². The van der Waals surface area contributed by atoms with Crippen LogP contribution in [-0.4, -0.2) is 251 Å². The first kappa shape index (κ1) is 151. The molecule has 820 valence electrons. The number of piperazine rings is 2. The summed E-state index contributed by atoms with van der Waals surface area (Å²) < 4.78 is 35.6. The Hall–Kier alpha value is -2.39. The van der Waals surface area contributed by atoms with Gasteiger partial charge in [0.25, 0.3) is 0 Å². The number of ether oxygens (including phenoxy) is 7. The smallest absolute Gasteiger partial charge is 0.209 e. The Balaban J connectivity index is -0.000000178. The lowest BCUT2D eigenvalue weighted by atomic mass is 9.82. The molecule has 13 saturated heterocycles. The first-order valence-corrected chi connectivity index (χ1v) is 60.8. The lowest BCUT2D eigenvalue weighted by Crippen LogP contribution is -2.42. The predicted molar refractivity (Wildman–Crippen MR) is 615 cm³/mol. The van der Waals surface area contributed by atoms with Crippen molar-refractivity contribution in [3.8, 4) is 11.5 Å². The molecule has 0 aromatic heterocycles. The second kappa shape index (κ2) is 139. The predicted octanol–water partition coefficient (Wildman–Crippen LogP) is 26.4. The van der Waals surface area contributed by atoms with E-state index in [4.69, 9.17) is 33.2 Å². The first-order chi connectivity index (χ1) is 67.7. The largest absolute Gasteiger partial charge is 0.486 e. The van der Waals surface area contributed by atoms with Crippen LogP contribution in [0.25, 0.3) is 0 Å². The number of rotatable bonds is 1. The van der Waals surface area contributed by atoms with E-state index in [0.29, 0.717) is 20.0 Å². The number of hydrogen-bond donors (Lipinski definition) is 10. The molecule has 17 fully saturated rings. The standard InChI is InChI=1S/C10H12.C9H15N.C8H8O2.C6H13N.C6H12O.C5H10N2O.2C5H9N.C5H11N.C5H10O.C5H10S.C4H10N2.C4H9NO.C4H9NS.C4H8O2.15C2H6/c1-2-6-10-8-4-3-7-9(10)5-1;1-2-7-3-6(1)8-4-10-5-9(7)8;1-2-4-8-7(3-1)9-5-6-10-8;2*1-2-4-6-7-5-3-1;8-5-7-3-1-6-2-4-7;1-4-2-6-3-5(1)4;1-2-6-5-3-4(1)5;3*1-2-4-6-5-3-1;1-2-6-4-3-5-1;2*1-3-6-4-2-5-1;1-2-5-4-6-3-1;15*1-2/h1-2,5-6H,3-4,7-8H2;6-10H,1-5H2;1-4H,5-6H2;7H,1-6H2;1-6H2;5-6H,1-4H2;2*4-6H,1-3H2;6H,1-5H2;2*1-5H2;5-6H,1-4H2;2*5H,1-4H2;1-4H2;15*1-2H3. The summed E-state index contributed by atoms with van der Waals surface area (Å²) in [4.78, 5) is 11.8. The third kappa shape index (κ3) is 99.0. The van der Waals surface area contributed by atoms with Crippen molar-refractivity contribution >= 4 is 29.9 Å². The van der Waals surface area contributed by atoms with E-state index in [2.05, 4.69) is 89.2 Å². The minimum atomic E-state index is 0.500. The van der Waals surface area contributed by atoms with E-state index < -0.39 is 0 Å². The van der Waals surface area contributed by atoms with Gasteiger partial charge in [0.05, 0.1) is 26.4 Å². The molecule has 19 aliphatic rings. The molecule has 19 nitrogen and oxygen atoms in total. The molecular weight excluding hydrogens is 1730 g/mol. The van der Waals surface area contributed by atoms with Crippen LogP contribution in [0, 0.1) is 41.4 Å². The van der Waals surface area contributed by atoms with E-state index in [1.165, 1.54) is 249 Å². The molecule has 21 heteroatoms. The Kier molecular flexibility index (Phi) is 155. The zero-order chi connectivity index (χ0) is 104. The van der Waals surface area contributed by atoms with Crippen molar-refractivity contribution in [1.82, 2.24) is 58.1 Å². The van der Waals surface area contributed by atoms with Crippen molar-refractivity contribution in [1.29, 1.82) is 0 Å². The maximum Gasteiger partial charge on any atom is 0.209 e. The van der Waals surface area contributed by atoms with E-state index in [-0.39, 0.29) is 0 Å². The molecule has 0 radical (unpaired) electrons. The SMILES string of the molecule is C1CC2CC1C1CNCC21.C1CC2CC2N1.C1CCCNCC1.C1CCCOCC1.C1CCNCC1.C1CCOCC1.C1CCSCC1.C1CNCCN1.C1COCCN1.C1COCOC1.C1CSCCN1.C1NCC2CC12.CC.CC.CC.CC.CC.CC.CC.CC.CC.CC.CC.CC.CC.CC.CC.O=CN1CCNCC1.c1ccc2c(c1)CCCC2.c1ccc2c(c1)OCCO2. The molecular formula is C115H245N11O8S2. The molecule has 10 N–H and O–H groups in total. The van der Waals surface area contributed by atoms with Crippen LogP contribution in [0.15, 0.2) is 48.5 Å². The number of benzene rings is 2. The molecule has 4 saturated carbocycles. The number of fused-ring (bicyclic) bond motifs is 9. The summed E-state index contributed by atoms with van der Waals surface area (Å²) in [6, 6.07) is 17.5. The number of morpholine rings is 1. The number of carbonyl (C=O) groups is 1. The number of aryl methyl sites for hydroxylation is 2. The minimum absolute atomic E-state index is 0.500. The normalized spacial score (nSPS) is 22.9. The molecule has 1 amide bonds. The number of para-hydroxylation sites is 2. The molecule has 8 atom stereocenters. The van der Waals surface area contributed by atoms with Crippen molar-refractivity contribution < 1.29 is 38.0 Å². The van der Waals surface area contributed by atoms with Gasteiger partial charge in [0.1, 0.15) is 20.0 Å². The molecule has 0 spiro atoms. The first-order valence-electron chi connectivity index (χ1n) is 58.5. The number of piperidine rings is 3. The Bertz CT molecular complexity index is 1920. The molecule has 2 aromatic rings. The number of hydrogen-bond acceptors (Lipinski definition) is 20. The number of nitrogens with zero attached hydrogens (tertiary/aromatic N) is 1. The van der Waals surface area contributed by atoms with Gasteiger partial charge in [-0.25, -0.2) is 0 Å². The second-order valence-electron chi connectivity index (χ2n) is 30.9. The highest BCUT2D eigenvalue weighted by atomic mass is 32.2. The molecule has 14 heterocycles. The van der Waals surface area contributed by atoms with Gasteiger partial charge in [0, 0.05) is 123 Å². The van der Waals surface area contributed by atoms with Crippen LogP contribution in [0.5, 0.6) is 11.5 Å². The summed E-state index contributed by atoms with van der Waals surface area (Å²) in [5.41, 5.74) is 3.16. The number of nitrogens with one attached hydrogen (secondary N) is 10. The Morgan fingerprint density at radius 3 is 0.853 bits per heavy atom. The average Bonchev–Trinajstić information content (AvgIpc) is 1.62. The third-order valence-electron chi connectivity index (χ3n) is 22.3. The zero-order valence-corrected chi connectivity index (χ0v) is 98.2. The van der Waals surface area contributed by atoms with Crippen molar-refractivity contribution in [2.45, 2.75) is 394 Å². The minimum Gasteiger partial charge on any atom is -0.486 e. The van der Waals surface area contributed by atoms with Gasteiger partial charge in [-0.3, -0.25) is 4.79 Å². The Morgan fingerprint density at radius 1 is 0.272 bits per heavy atom. The highest BCUT2D eigenvalue weighted by Gasteiger charge is 2.49. The summed E-state index contributed by atoms with van der Waals surface area (Å²) in [5, 5.41) is 32.9. The third-order valence-corrected chi connectivity index (χ3v) is 24.5. The summed E-state index contributed by atoms with van der Waals surface area (Å²) >= 11 is 4.13. The van der Waals surface area contributed by atoms with Crippen molar-refractivity contribution in [2.24, 2.45) is 41.4 Å². The molecule has 2 bridgehead atoms. The van der Waals surface area contributed by atoms with Gasteiger partial charge in [0.15, 0.2) is 11.5 Å². The van der Waals surface area contributed by atoms with Gasteiger partial charge >= 0.3 is 0 Å². The molecule has 2 aromatic carbocycles. The number of amides is 1. The van der Waals surface area contributed by atoms with Gasteiger partial charge in [-0.1, -0.05) is 283 Å². The van der Waals surface area contributed by atoms with Crippen molar-refractivity contribution in [2.75, 3.05) is 233 Å². The molecule has 136 heavy (non-hydrogen) atoms. The van der Waals surface area contributed by atoms with Crippen molar-refractivity contribution in [3.05, 3.63) is 59.7 Å². The van der Waals surface area contributed by atoms with E-state index in [1.807, 2.05) is 244 Å². The summed E-state index contributed by atoms with van der Waals surface area (Å²) in [6.07, 6.45) is 40.0. The van der Waals surface area contributed by atoms with E-state index in [1.54, 1.807) is 35.3 Å². The molecule has 21 rings (SSSR count). The average molecular weight is 1970 g/mol. The lowest BCUT2D eigenvalue weighted by molar-refractivity contribution is -0.118. The van der Waals surface area contributed by atoms with Crippen LogP contribution in [0.2, 0.25) is 0 Å². The second-order valence-corrected chi connectivity index (χ2v) is 33.4. The van der Waals surface area contributed by atoms with E-state index in [0.717, 1.165) is 190 Å². The van der Waals surface area contributed by atoms with Crippen LogP contribution >= 0.6 is 23.5 Å². The summed E-state index contributed by atoms with van der Waals surface area (Å²) in [6.45, 7) is 93.6. The highest BCUT2D eigenvalue weighted by Crippen LogP contribution is 2.53. The van der Waals surface area contributed by atoms with Crippen LogP contribution in [0.3, 0.4) is 0 Å². The summed E-state index contributed by atoms with van der Waals surface area (Å²) in [7, 11) is 0. The van der Waals surface area contributed by atoms with Gasteiger partial charge in [-0.15, -0.1) is 0 Å². The Labute approximate surface area is 860 Å². The quantitative estimate of drug-likeness (QED) is 0.121. The zero-order valence-electron chi connectivity index (χ0n) is 96.6. The van der Waals surface area contributed by atoms with Crippen LogP contribution in [-0.2, 0) is 41.3 Å². The maximum atomic E-state index is 10.1. The lowest BCUT2D eigenvalue weighted by Gasteiger charge is -2.22. The maximum absolute atomic E-state index is 10.1. The summed E-state index contributed by atoms with van der Waals surface area (Å²) in [5.74, 6) is 14.9. The fourth-order valence-corrected chi connectivity index (χ4v) is 17.5. The van der Waals surface area contributed by atoms with E-state index >= 15 is 0 Å². The van der Waals surface area contributed by atoms with Crippen LogP contribution < -0.4 is 62.6 Å². The van der Waals surface area contributed by atoms with Crippen LogP contribution in [0.4, 0.5) is 0 Å². The molecule has 8 unspecified atom stereocenters. The monoisotopic (exact) mass is 1970 g/mol. The van der Waals surface area contributed by atoms with Gasteiger partial charge < -0.3 is 91.2 Å². The fraction of sp³-hybridized carbons (Fsp3) is 0.887. The van der Waals surface area contributed by atoms with Crippen LogP contribution in [0.1, 0.15) is 386 Å². The molecule has 14 aliphatic heterocycles. The van der Waals surface area contributed by atoms with Gasteiger partial charge in [-0.05, 0) is 276 Å². The fourth-order valence-electron chi connectivity index (χ4n) is 15.7.